The Kier molecular flexibility index (Phi) is 4.36. The van der Waals surface area contributed by atoms with Gasteiger partial charge in [0.25, 0.3) is 5.91 Å². The second kappa shape index (κ2) is 6.02. The van der Waals surface area contributed by atoms with Crippen molar-refractivity contribution in [1.29, 1.82) is 0 Å². The summed E-state index contributed by atoms with van der Waals surface area (Å²) in [6.07, 6.45) is 1.48. The molecule has 2 aromatic rings. The van der Waals surface area contributed by atoms with Crippen molar-refractivity contribution in [3.8, 4) is 0 Å². The summed E-state index contributed by atoms with van der Waals surface area (Å²) in [4.78, 5) is 26.9. The number of hydrogen-bond donors (Lipinski definition) is 2. The average Bonchev–Trinajstić information content (AvgIpc) is 2.41. The van der Waals surface area contributed by atoms with Crippen LogP contribution in [-0.2, 0) is 0 Å². The van der Waals surface area contributed by atoms with E-state index in [1.54, 1.807) is 12.1 Å². The topological polar surface area (TPSA) is 79.3 Å². The quantitative estimate of drug-likeness (QED) is 0.884. The smallest absolute Gasteiger partial charge is 0.335 e. The van der Waals surface area contributed by atoms with Gasteiger partial charge in [-0.3, -0.25) is 4.79 Å². The van der Waals surface area contributed by atoms with Gasteiger partial charge in [0, 0.05) is 10.7 Å². The largest absolute Gasteiger partial charge is 0.478 e. The molecule has 0 radical (unpaired) electrons. The van der Waals surface area contributed by atoms with Crippen LogP contribution in [0.1, 0.15) is 20.8 Å². The summed E-state index contributed by atoms with van der Waals surface area (Å²) in [6, 6.07) is 7.42. The fraction of sp³-hybridized carbons (Fsp3) is 0. The number of anilines is 1. The van der Waals surface area contributed by atoms with Crippen molar-refractivity contribution in [3.63, 3.8) is 0 Å². The molecule has 2 N–H and O–H groups in total. The highest BCUT2D eigenvalue weighted by molar-refractivity contribution is 9.10. The van der Waals surface area contributed by atoms with E-state index in [-0.39, 0.29) is 22.0 Å². The SMILES string of the molecule is O=C(O)c1ccc(Cl)c(NC(=O)c2ncccc2Br)c1. The van der Waals surface area contributed by atoms with E-state index in [1.807, 2.05) is 0 Å². The lowest BCUT2D eigenvalue weighted by atomic mass is 10.2. The highest BCUT2D eigenvalue weighted by Gasteiger charge is 2.14. The summed E-state index contributed by atoms with van der Waals surface area (Å²) in [7, 11) is 0. The first-order valence-electron chi connectivity index (χ1n) is 5.44. The maximum Gasteiger partial charge on any atom is 0.335 e. The molecule has 1 aromatic carbocycles. The molecular formula is C13H8BrClN2O3. The molecule has 0 fully saturated rings. The van der Waals surface area contributed by atoms with Crippen LogP contribution in [0.5, 0.6) is 0 Å². The highest BCUT2D eigenvalue weighted by Crippen LogP contribution is 2.24. The van der Waals surface area contributed by atoms with Gasteiger partial charge in [0.1, 0.15) is 5.69 Å². The number of halogens is 2. The number of carboxylic acids is 1. The molecule has 0 saturated carbocycles. The lowest BCUT2D eigenvalue weighted by Crippen LogP contribution is -2.15. The van der Waals surface area contributed by atoms with Crippen molar-refractivity contribution in [2.75, 3.05) is 5.32 Å². The summed E-state index contributed by atoms with van der Waals surface area (Å²) in [5.74, 6) is -1.59. The van der Waals surface area contributed by atoms with Crippen LogP contribution in [0, 0.1) is 0 Å². The highest BCUT2D eigenvalue weighted by atomic mass is 79.9. The van der Waals surface area contributed by atoms with E-state index in [9.17, 15) is 9.59 Å². The number of carbonyl (C=O) groups excluding carboxylic acids is 1. The first-order valence-corrected chi connectivity index (χ1v) is 6.61. The number of aromatic carboxylic acids is 1. The van der Waals surface area contributed by atoms with Crippen LogP contribution in [0.25, 0.3) is 0 Å². The van der Waals surface area contributed by atoms with Crippen LogP contribution in [-0.4, -0.2) is 22.0 Å². The molecule has 0 aliphatic carbocycles. The predicted octanol–water partition coefficient (Wildman–Crippen LogP) is 3.45. The van der Waals surface area contributed by atoms with Crippen LogP contribution >= 0.6 is 27.5 Å². The van der Waals surface area contributed by atoms with Crippen molar-refractivity contribution in [3.05, 3.63) is 57.3 Å². The molecular weight excluding hydrogens is 348 g/mol. The molecule has 20 heavy (non-hydrogen) atoms. The van der Waals surface area contributed by atoms with Gasteiger partial charge in [-0.05, 0) is 46.3 Å². The Labute approximate surface area is 127 Å². The van der Waals surface area contributed by atoms with Crippen LogP contribution < -0.4 is 5.32 Å². The van der Waals surface area contributed by atoms with Crippen molar-refractivity contribution in [1.82, 2.24) is 4.98 Å². The molecule has 0 aliphatic rings. The third kappa shape index (κ3) is 3.15. The molecule has 0 bridgehead atoms. The van der Waals surface area contributed by atoms with Crippen molar-refractivity contribution in [2.45, 2.75) is 0 Å². The molecule has 0 unspecified atom stereocenters. The average molecular weight is 356 g/mol. The Balaban J connectivity index is 2.30. The number of amides is 1. The lowest BCUT2D eigenvalue weighted by molar-refractivity contribution is 0.0696. The molecule has 0 spiro atoms. The monoisotopic (exact) mass is 354 g/mol. The number of carbonyl (C=O) groups is 2. The van der Waals surface area contributed by atoms with Crippen molar-refractivity contribution in [2.24, 2.45) is 0 Å². The van der Waals surface area contributed by atoms with Crippen molar-refractivity contribution >= 4 is 45.1 Å². The van der Waals surface area contributed by atoms with Gasteiger partial charge in [0.2, 0.25) is 0 Å². The predicted molar refractivity (Wildman–Crippen MR) is 78.3 cm³/mol. The van der Waals surface area contributed by atoms with E-state index in [0.29, 0.717) is 4.47 Å². The van der Waals surface area contributed by atoms with Gasteiger partial charge in [0.05, 0.1) is 16.3 Å². The van der Waals surface area contributed by atoms with Gasteiger partial charge in [-0.2, -0.15) is 0 Å². The molecule has 5 nitrogen and oxygen atoms in total. The third-order valence-electron chi connectivity index (χ3n) is 2.44. The fourth-order valence-corrected chi connectivity index (χ4v) is 2.09. The van der Waals surface area contributed by atoms with E-state index >= 15 is 0 Å². The Morgan fingerprint density at radius 2 is 2.05 bits per heavy atom. The zero-order chi connectivity index (χ0) is 14.7. The van der Waals surface area contributed by atoms with Gasteiger partial charge in [0.15, 0.2) is 0 Å². The summed E-state index contributed by atoms with van der Waals surface area (Å²) in [6.45, 7) is 0. The lowest BCUT2D eigenvalue weighted by Gasteiger charge is -2.08. The van der Waals surface area contributed by atoms with E-state index in [0.717, 1.165) is 0 Å². The normalized spacial score (nSPS) is 10.1. The van der Waals surface area contributed by atoms with E-state index in [2.05, 4.69) is 26.2 Å². The number of nitrogens with zero attached hydrogens (tertiary/aromatic N) is 1. The number of benzene rings is 1. The number of carboxylic acid groups (broad SMARTS) is 1. The summed E-state index contributed by atoms with van der Waals surface area (Å²) in [5.41, 5.74) is 0.434. The molecule has 1 amide bonds. The van der Waals surface area contributed by atoms with Crippen LogP contribution in [0.3, 0.4) is 0 Å². The first kappa shape index (κ1) is 14.5. The molecule has 1 heterocycles. The molecule has 2 rings (SSSR count). The van der Waals surface area contributed by atoms with Gasteiger partial charge in [-0.15, -0.1) is 0 Å². The van der Waals surface area contributed by atoms with E-state index < -0.39 is 11.9 Å². The summed E-state index contributed by atoms with van der Waals surface area (Å²) >= 11 is 9.15. The molecule has 0 saturated heterocycles. The van der Waals surface area contributed by atoms with E-state index in [4.69, 9.17) is 16.7 Å². The number of rotatable bonds is 3. The zero-order valence-corrected chi connectivity index (χ0v) is 12.3. The third-order valence-corrected chi connectivity index (χ3v) is 3.40. The number of nitrogens with one attached hydrogen (secondary N) is 1. The standard InChI is InChI=1S/C13H8BrClN2O3/c14-8-2-1-5-16-11(8)12(18)17-10-6-7(13(19)20)3-4-9(10)15/h1-6H,(H,17,18)(H,19,20). The molecule has 7 heteroatoms. The Hall–Kier alpha value is -1.92. The second-order valence-electron chi connectivity index (χ2n) is 3.79. The molecule has 102 valence electrons. The minimum atomic E-state index is -1.10. The summed E-state index contributed by atoms with van der Waals surface area (Å²) < 4.78 is 0.531. The minimum Gasteiger partial charge on any atom is -0.478 e. The summed E-state index contributed by atoms with van der Waals surface area (Å²) in [5, 5.41) is 11.7. The molecule has 1 aromatic heterocycles. The molecule has 0 atom stereocenters. The van der Waals surface area contributed by atoms with Gasteiger partial charge >= 0.3 is 5.97 Å². The molecule has 0 aliphatic heterocycles. The minimum absolute atomic E-state index is 0.0322. The Morgan fingerprint density at radius 3 is 2.70 bits per heavy atom. The van der Waals surface area contributed by atoms with Crippen LogP contribution in [0.4, 0.5) is 5.69 Å². The van der Waals surface area contributed by atoms with Crippen LogP contribution in [0.2, 0.25) is 5.02 Å². The number of hydrogen-bond acceptors (Lipinski definition) is 3. The number of pyridine rings is 1. The van der Waals surface area contributed by atoms with Crippen LogP contribution in [0.15, 0.2) is 41.0 Å². The number of aromatic nitrogens is 1. The second-order valence-corrected chi connectivity index (χ2v) is 5.05. The van der Waals surface area contributed by atoms with E-state index in [1.165, 1.54) is 24.4 Å². The van der Waals surface area contributed by atoms with Gasteiger partial charge in [-0.25, -0.2) is 9.78 Å². The van der Waals surface area contributed by atoms with Crippen molar-refractivity contribution < 1.29 is 14.7 Å². The zero-order valence-electron chi connectivity index (χ0n) is 9.93. The van der Waals surface area contributed by atoms with Gasteiger partial charge < -0.3 is 10.4 Å². The Morgan fingerprint density at radius 1 is 1.30 bits per heavy atom. The first-order chi connectivity index (χ1) is 9.49. The van der Waals surface area contributed by atoms with Gasteiger partial charge in [-0.1, -0.05) is 11.6 Å². The maximum atomic E-state index is 12.1. The maximum absolute atomic E-state index is 12.1. The Bertz CT molecular complexity index is 691. The fourth-order valence-electron chi connectivity index (χ4n) is 1.49.